The van der Waals surface area contributed by atoms with Gasteiger partial charge in [0.1, 0.15) is 11.5 Å². The van der Waals surface area contributed by atoms with E-state index in [0.29, 0.717) is 11.5 Å². The molecular formula is C17H17NO5S. The van der Waals surface area contributed by atoms with Gasteiger partial charge in [-0.1, -0.05) is 0 Å². The summed E-state index contributed by atoms with van der Waals surface area (Å²) in [5, 5.41) is 11.3. The number of carbonyl (C=O) groups excluding carboxylic acids is 1. The number of nitro groups is 1. The van der Waals surface area contributed by atoms with Crippen LogP contribution < -0.4 is 4.74 Å². The minimum absolute atomic E-state index is 0.00202. The molecule has 0 spiro atoms. The first kappa shape index (κ1) is 16.4. The number of fused-ring (bicyclic) bond motifs is 1. The molecule has 1 heterocycles. The number of esters is 1. The molecule has 0 atom stereocenters. The number of rotatable bonds is 6. The number of thiophene rings is 1. The van der Waals surface area contributed by atoms with Gasteiger partial charge in [-0.05, 0) is 55.5 Å². The van der Waals surface area contributed by atoms with Gasteiger partial charge in [-0.2, -0.15) is 0 Å². The van der Waals surface area contributed by atoms with Crippen LogP contribution in [0.25, 0.3) is 0 Å². The Labute approximate surface area is 143 Å². The molecule has 0 radical (unpaired) electrons. The van der Waals surface area contributed by atoms with E-state index in [4.69, 9.17) is 9.47 Å². The van der Waals surface area contributed by atoms with E-state index >= 15 is 0 Å². The van der Waals surface area contributed by atoms with Gasteiger partial charge in [-0.25, -0.2) is 4.79 Å². The zero-order valence-corrected chi connectivity index (χ0v) is 14.1. The summed E-state index contributed by atoms with van der Waals surface area (Å²) in [6.45, 7) is 2.26. The molecule has 0 N–H and O–H groups in total. The molecular weight excluding hydrogens is 330 g/mol. The van der Waals surface area contributed by atoms with Crippen LogP contribution in [0.15, 0.2) is 24.3 Å². The lowest BCUT2D eigenvalue weighted by molar-refractivity contribution is -0.386. The van der Waals surface area contributed by atoms with Crippen molar-refractivity contribution in [2.75, 3.05) is 6.61 Å². The molecule has 126 valence electrons. The standard InChI is InChI=1S/C17H17NO5S/c1-2-22-17(19)16-7-6-13(24-16)10-23-15-9-12-5-3-4-11(12)8-14(15)18(20)21/h6-9H,2-5,10H2,1H3. The molecule has 1 aliphatic carbocycles. The number of hydrogen-bond donors (Lipinski definition) is 0. The van der Waals surface area contributed by atoms with E-state index < -0.39 is 4.92 Å². The monoisotopic (exact) mass is 347 g/mol. The zero-order chi connectivity index (χ0) is 17.1. The quantitative estimate of drug-likeness (QED) is 0.450. The van der Waals surface area contributed by atoms with E-state index in [-0.39, 0.29) is 24.0 Å². The Balaban J connectivity index is 1.75. The summed E-state index contributed by atoms with van der Waals surface area (Å²) in [6.07, 6.45) is 2.82. The van der Waals surface area contributed by atoms with E-state index in [9.17, 15) is 14.9 Å². The van der Waals surface area contributed by atoms with Gasteiger partial charge in [0.05, 0.1) is 11.5 Å². The summed E-state index contributed by atoms with van der Waals surface area (Å²) in [5.74, 6) is -0.0796. The van der Waals surface area contributed by atoms with E-state index in [2.05, 4.69) is 0 Å². The van der Waals surface area contributed by atoms with E-state index in [0.717, 1.165) is 35.3 Å². The van der Waals surface area contributed by atoms with Gasteiger partial charge in [-0.15, -0.1) is 11.3 Å². The molecule has 0 bridgehead atoms. The summed E-state index contributed by atoms with van der Waals surface area (Å²) in [7, 11) is 0. The van der Waals surface area contributed by atoms with Crippen molar-refractivity contribution < 1.29 is 19.2 Å². The first-order valence-electron chi connectivity index (χ1n) is 7.77. The number of carbonyl (C=O) groups is 1. The maximum Gasteiger partial charge on any atom is 0.348 e. The molecule has 0 unspecified atom stereocenters. The number of ether oxygens (including phenoxy) is 2. The van der Waals surface area contributed by atoms with Crippen LogP contribution in [0, 0.1) is 10.1 Å². The number of nitro benzene ring substituents is 1. The van der Waals surface area contributed by atoms with Gasteiger partial charge in [0, 0.05) is 10.9 Å². The molecule has 2 aromatic rings. The molecule has 0 amide bonds. The molecule has 6 nitrogen and oxygen atoms in total. The molecule has 0 saturated heterocycles. The Bertz CT molecular complexity index is 783. The minimum Gasteiger partial charge on any atom is -0.481 e. The Kier molecular flexibility index (Phi) is 4.80. The predicted molar refractivity (Wildman–Crippen MR) is 89.7 cm³/mol. The van der Waals surface area contributed by atoms with E-state index in [1.165, 1.54) is 11.3 Å². The fourth-order valence-electron chi connectivity index (χ4n) is 2.76. The molecule has 24 heavy (non-hydrogen) atoms. The second-order valence-corrected chi connectivity index (χ2v) is 6.64. The first-order valence-corrected chi connectivity index (χ1v) is 8.59. The molecule has 0 aliphatic heterocycles. The van der Waals surface area contributed by atoms with Crippen LogP contribution in [0.2, 0.25) is 0 Å². The van der Waals surface area contributed by atoms with Crippen molar-refractivity contribution in [3.63, 3.8) is 0 Å². The van der Waals surface area contributed by atoms with E-state index in [1.807, 2.05) is 0 Å². The maximum atomic E-state index is 11.7. The SMILES string of the molecule is CCOC(=O)c1ccc(COc2cc3c(cc2[N+](=O)[O-])CCC3)s1. The predicted octanol–water partition coefficient (Wildman–Crippen LogP) is 3.90. The average Bonchev–Trinajstić information content (AvgIpc) is 3.20. The maximum absolute atomic E-state index is 11.7. The summed E-state index contributed by atoms with van der Waals surface area (Å²) < 4.78 is 10.6. The van der Waals surface area contributed by atoms with Crippen molar-refractivity contribution in [3.05, 3.63) is 55.3 Å². The van der Waals surface area contributed by atoms with Crippen molar-refractivity contribution in [2.45, 2.75) is 32.8 Å². The number of hydrogen-bond acceptors (Lipinski definition) is 6. The normalized spacial score (nSPS) is 12.7. The topological polar surface area (TPSA) is 78.7 Å². The van der Waals surface area contributed by atoms with Crippen molar-refractivity contribution >= 4 is 23.0 Å². The fourth-order valence-corrected chi connectivity index (χ4v) is 3.58. The molecule has 7 heteroatoms. The van der Waals surface area contributed by atoms with Crippen LogP contribution in [-0.2, 0) is 24.2 Å². The lowest BCUT2D eigenvalue weighted by Crippen LogP contribution is -2.01. The highest BCUT2D eigenvalue weighted by Crippen LogP contribution is 2.35. The van der Waals surface area contributed by atoms with Crippen LogP contribution >= 0.6 is 11.3 Å². The van der Waals surface area contributed by atoms with Crippen LogP contribution in [0.5, 0.6) is 5.75 Å². The third-order valence-electron chi connectivity index (χ3n) is 3.88. The highest BCUT2D eigenvalue weighted by Gasteiger charge is 2.22. The third kappa shape index (κ3) is 3.41. The zero-order valence-electron chi connectivity index (χ0n) is 13.2. The van der Waals surface area contributed by atoms with Crippen molar-refractivity contribution in [3.8, 4) is 5.75 Å². The second-order valence-electron chi connectivity index (χ2n) is 5.47. The average molecular weight is 347 g/mol. The summed E-state index contributed by atoms with van der Waals surface area (Å²) in [6, 6.07) is 6.85. The van der Waals surface area contributed by atoms with Crippen molar-refractivity contribution in [1.82, 2.24) is 0 Å². The largest absolute Gasteiger partial charge is 0.481 e. The number of nitrogens with zero attached hydrogens (tertiary/aromatic N) is 1. The molecule has 0 fully saturated rings. The van der Waals surface area contributed by atoms with Crippen LogP contribution in [0.3, 0.4) is 0 Å². The lowest BCUT2D eigenvalue weighted by Gasteiger charge is -2.08. The molecule has 1 aliphatic rings. The van der Waals surface area contributed by atoms with Crippen LogP contribution in [0.4, 0.5) is 5.69 Å². The summed E-state index contributed by atoms with van der Waals surface area (Å²) in [4.78, 5) is 23.8. The third-order valence-corrected chi connectivity index (χ3v) is 4.92. The van der Waals surface area contributed by atoms with E-state index in [1.54, 1.807) is 31.2 Å². The molecule has 1 aromatic heterocycles. The van der Waals surface area contributed by atoms with Gasteiger partial charge in [-0.3, -0.25) is 10.1 Å². The minimum atomic E-state index is -0.410. The second kappa shape index (κ2) is 7.00. The highest BCUT2D eigenvalue weighted by atomic mass is 32.1. The summed E-state index contributed by atoms with van der Waals surface area (Å²) in [5.41, 5.74) is 2.15. The lowest BCUT2D eigenvalue weighted by atomic mass is 10.1. The van der Waals surface area contributed by atoms with Gasteiger partial charge in [0.15, 0.2) is 5.75 Å². The van der Waals surface area contributed by atoms with Gasteiger partial charge >= 0.3 is 11.7 Å². The summed E-state index contributed by atoms with van der Waals surface area (Å²) >= 11 is 1.27. The number of benzene rings is 1. The van der Waals surface area contributed by atoms with Gasteiger partial charge in [0.2, 0.25) is 0 Å². The molecule has 1 aromatic carbocycles. The Morgan fingerprint density at radius 2 is 2.04 bits per heavy atom. The van der Waals surface area contributed by atoms with Crippen molar-refractivity contribution in [1.29, 1.82) is 0 Å². The Morgan fingerprint density at radius 3 is 2.75 bits per heavy atom. The highest BCUT2D eigenvalue weighted by molar-refractivity contribution is 7.13. The van der Waals surface area contributed by atoms with Gasteiger partial charge < -0.3 is 9.47 Å². The molecule has 0 saturated carbocycles. The van der Waals surface area contributed by atoms with Crippen LogP contribution in [0.1, 0.15) is 39.0 Å². The smallest absolute Gasteiger partial charge is 0.348 e. The van der Waals surface area contributed by atoms with Crippen molar-refractivity contribution in [2.24, 2.45) is 0 Å². The number of aryl methyl sites for hydroxylation is 2. The first-order chi connectivity index (χ1) is 11.6. The molecule has 3 rings (SSSR count). The van der Waals surface area contributed by atoms with Crippen LogP contribution in [-0.4, -0.2) is 17.5 Å². The van der Waals surface area contributed by atoms with Gasteiger partial charge in [0.25, 0.3) is 0 Å². The fraction of sp³-hybridized carbons (Fsp3) is 0.353. The Morgan fingerprint density at radius 1 is 1.29 bits per heavy atom. The Hall–Kier alpha value is -2.41.